The number of carbonyl (C=O) groups excluding carboxylic acids is 1. The van der Waals surface area contributed by atoms with Gasteiger partial charge in [0.15, 0.2) is 0 Å². The minimum absolute atomic E-state index is 0.234. The van der Waals surface area contributed by atoms with Gasteiger partial charge in [0.1, 0.15) is 0 Å². The van der Waals surface area contributed by atoms with Gasteiger partial charge < -0.3 is 0 Å². The third-order valence-electron chi connectivity index (χ3n) is 2.48. The zero-order valence-corrected chi connectivity index (χ0v) is 8.08. The maximum absolute atomic E-state index is 11.2. The number of nitrogens with one attached hydrogen (secondary N) is 1. The van der Waals surface area contributed by atoms with E-state index in [1.807, 2.05) is 12.1 Å². The maximum atomic E-state index is 11.2. The molecule has 3 N–H and O–H groups in total. The molecular weight excluding hydrogens is 178 g/mol. The molecule has 0 bridgehead atoms. The number of carbonyl (C=O) groups is 1. The lowest BCUT2D eigenvalue weighted by Crippen LogP contribution is -2.30. The Kier molecular flexibility index (Phi) is 2.23. The van der Waals surface area contributed by atoms with Crippen LogP contribution in [0, 0.1) is 0 Å². The number of hydrogen-bond donors (Lipinski definition) is 2. The normalized spacial score (nSPS) is 15.3. The molecule has 0 saturated carbocycles. The highest BCUT2D eigenvalue weighted by Gasteiger charge is 2.16. The second-order valence-electron chi connectivity index (χ2n) is 3.63. The van der Waals surface area contributed by atoms with Crippen molar-refractivity contribution in [2.75, 3.05) is 7.05 Å². The van der Waals surface area contributed by atoms with Gasteiger partial charge in [0, 0.05) is 18.7 Å². The molecule has 0 aliphatic carbocycles. The molecule has 1 aromatic carbocycles. The van der Waals surface area contributed by atoms with Gasteiger partial charge >= 0.3 is 0 Å². The average molecular weight is 191 g/mol. The summed E-state index contributed by atoms with van der Waals surface area (Å²) in [7, 11) is 2.06. The number of nitrogens with two attached hydrogens (primary N) is 1. The van der Waals surface area contributed by atoms with Crippen LogP contribution in [0.4, 0.5) is 0 Å². The van der Waals surface area contributed by atoms with Crippen LogP contribution in [0.5, 0.6) is 0 Å². The van der Waals surface area contributed by atoms with E-state index in [1.165, 1.54) is 11.1 Å². The van der Waals surface area contributed by atoms with Gasteiger partial charge in [-0.15, -0.1) is 0 Å². The van der Waals surface area contributed by atoms with Crippen LogP contribution in [0.1, 0.15) is 21.5 Å². The van der Waals surface area contributed by atoms with E-state index < -0.39 is 0 Å². The number of nitrogens with zero attached hydrogens (tertiary/aromatic N) is 1. The molecule has 74 valence electrons. The number of nitrogen functional groups attached to an aromatic ring is 1. The number of rotatable bonds is 1. The molecule has 1 aromatic rings. The fourth-order valence-corrected chi connectivity index (χ4v) is 1.79. The van der Waals surface area contributed by atoms with Crippen LogP contribution in [-0.2, 0) is 13.1 Å². The van der Waals surface area contributed by atoms with E-state index in [1.54, 1.807) is 6.07 Å². The van der Waals surface area contributed by atoms with Crippen molar-refractivity contribution in [3.8, 4) is 0 Å². The molecule has 1 aliphatic rings. The third kappa shape index (κ3) is 1.49. The van der Waals surface area contributed by atoms with Gasteiger partial charge in [-0.05, 0) is 30.3 Å². The first kappa shape index (κ1) is 9.18. The predicted octanol–water partition coefficient (Wildman–Crippen LogP) is 0.235. The third-order valence-corrected chi connectivity index (χ3v) is 2.48. The summed E-state index contributed by atoms with van der Waals surface area (Å²) >= 11 is 0. The molecule has 1 aliphatic heterocycles. The average Bonchev–Trinajstić information content (AvgIpc) is 2.55. The van der Waals surface area contributed by atoms with Crippen molar-refractivity contribution in [1.29, 1.82) is 0 Å². The molecule has 0 saturated heterocycles. The van der Waals surface area contributed by atoms with Gasteiger partial charge in [-0.25, -0.2) is 5.84 Å². The summed E-state index contributed by atoms with van der Waals surface area (Å²) in [4.78, 5) is 13.4. The van der Waals surface area contributed by atoms with Crippen molar-refractivity contribution in [1.82, 2.24) is 10.3 Å². The molecular formula is C10H13N3O. The minimum atomic E-state index is -0.234. The molecule has 2 rings (SSSR count). The largest absolute Gasteiger partial charge is 0.298 e. The molecule has 1 amide bonds. The van der Waals surface area contributed by atoms with Gasteiger partial charge in [-0.1, -0.05) is 6.07 Å². The van der Waals surface area contributed by atoms with Crippen molar-refractivity contribution in [3.63, 3.8) is 0 Å². The van der Waals surface area contributed by atoms with E-state index in [4.69, 9.17) is 5.84 Å². The molecule has 0 fully saturated rings. The highest BCUT2D eigenvalue weighted by Crippen LogP contribution is 2.22. The number of hydrazine groups is 1. The highest BCUT2D eigenvalue weighted by atomic mass is 16.2. The Morgan fingerprint density at radius 3 is 2.86 bits per heavy atom. The number of benzene rings is 1. The zero-order valence-electron chi connectivity index (χ0n) is 8.08. The first-order chi connectivity index (χ1) is 6.70. The van der Waals surface area contributed by atoms with Crippen LogP contribution in [-0.4, -0.2) is 17.9 Å². The summed E-state index contributed by atoms with van der Waals surface area (Å²) < 4.78 is 0. The number of amides is 1. The molecule has 1 heterocycles. The van der Waals surface area contributed by atoms with E-state index in [-0.39, 0.29) is 5.91 Å². The van der Waals surface area contributed by atoms with Crippen LogP contribution in [0.3, 0.4) is 0 Å². The summed E-state index contributed by atoms with van der Waals surface area (Å²) in [6.07, 6.45) is 0. The molecule has 0 atom stereocenters. The topological polar surface area (TPSA) is 58.4 Å². The molecule has 0 radical (unpaired) electrons. The van der Waals surface area contributed by atoms with Crippen LogP contribution < -0.4 is 11.3 Å². The summed E-state index contributed by atoms with van der Waals surface area (Å²) in [5.41, 5.74) is 5.27. The van der Waals surface area contributed by atoms with Crippen LogP contribution in [0.15, 0.2) is 18.2 Å². The Morgan fingerprint density at radius 2 is 2.14 bits per heavy atom. The second-order valence-corrected chi connectivity index (χ2v) is 3.63. The number of hydrogen-bond acceptors (Lipinski definition) is 3. The lowest BCUT2D eigenvalue weighted by Gasteiger charge is -2.03. The Labute approximate surface area is 82.7 Å². The van der Waals surface area contributed by atoms with Gasteiger partial charge in [0.05, 0.1) is 0 Å². The zero-order chi connectivity index (χ0) is 10.1. The van der Waals surface area contributed by atoms with Gasteiger partial charge in [-0.2, -0.15) is 0 Å². The van der Waals surface area contributed by atoms with Gasteiger partial charge in [-0.3, -0.25) is 15.1 Å². The predicted molar refractivity (Wildman–Crippen MR) is 53.3 cm³/mol. The van der Waals surface area contributed by atoms with Crippen molar-refractivity contribution in [3.05, 3.63) is 34.9 Å². The van der Waals surface area contributed by atoms with Gasteiger partial charge in [0.2, 0.25) is 0 Å². The first-order valence-corrected chi connectivity index (χ1v) is 4.52. The summed E-state index contributed by atoms with van der Waals surface area (Å²) in [5.74, 6) is 4.83. The van der Waals surface area contributed by atoms with E-state index in [2.05, 4.69) is 17.4 Å². The number of fused-ring (bicyclic) bond motifs is 1. The monoisotopic (exact) mass is 191 g/mol. The molecule has 0 unspecified atom stereocenters. The standard InChI is InChI=1S/C10H13N3O/c1-13-5-8-3-2-7(10(14)12-11)4-9(8)6-13/h2-4H,5-6,11H2,1H3,(H,12,14). The minimum Gasteiger partial charge on any atom is -0.298 e. The molecule has 4 heteroatoms. The summed E-state index contributed by atoms with van der Waals surface area (Å²) in [6.45, 7) is 1.86. The Hall–Kier alpha value is -1.39. The Bertz CT molecular complexity index is 376. The van der Waals surface area contributed by atoms with Crippen molar-refractivity contribution < 1.29 is 4.79 Å². The molecule has 0 spiro atoms. The fraction of sp³-hybridized carbons (Fsp3) is 0.300. The van der Waals surface area contributed by atoms with Gasteiger partial charge in [0.25, 0.3) is 5.91 Å². The van der Waals surface area contributed by atoms with Crippen LogP contribution >= 0.6 is 0 Å². The lowest BCUT2D eigenvalue weighted by atomic mass is 10.1. The Morgan fingerprint density at radius 1 is 1.43 bits per heavy atom. The smallest absolute Gasteiger partial charge is 0.265 e. The SMILES string of the molecule is CN1Cc2ccc(C(=O)NN)cc2C1. The second kappa shape index (κ2) is 3.40. The Balaban J connectivity index is 2.33. The quantitative estimate of drug-likeness (QED) is 0.379. The van der Waals surface area contributed by atoms with Crippen molar-refractivity contribution in [2.45, 2.75) is 13.1 Å². The van der Waals surface area contributed by atoms with E-state index in [0.717, 1.165) is 13.1 Å². The van der Waals surface area contributed by atoms with Crippen LogP contribution in [0.25, 0.3) is 0 Å². The molecule has 14 heavy (non-hydrogen) atoms. The summed E-state index contributed by atoms with van der Waals surface area (Å²) in [5, 5.41) is 0. The fourth-order valence-electron chi connectivity index (χ4n) is 1.79. The van der Waals surface area contributed by atoms with Crippen molar-refractivity contribution >= 4 is 5.91 Å². The van der Waals surface area contributed by atoms with Crippen LogP contribution in [0.2, 0.25) is 0 Å². The lowest BCUT2D eigenvalue weighted by molar-refractivity contribution is 0.0953. The van der Waals surface area contributed by atoms with E-state index in [9.17, 15) is 4.79 Å². The van der Waals surface area contributed by atoms with Crippen molar-refractivity contribution in [2.24, 2.45) is 5.84 Å². The molecule has 0 aromatic heterocycles. The highest BCUT2D eigenvalue weighted by molar-refractivity contribution is 5.94. The van der Waals surface area contributed by atoms with E-state index >= 15 is 0 Å². The van der Waals surface area contributed by atoms with E-state index in [0.29, 0.717) is 5.56 Å². The maximum Gasteiger partial charge on any atom is 0.265 e. The first-order valence-electron chi connectivity index (χ1n) is 4.52. The summed E-state index contributed by atoms with van der Waals surface area (Å²) in [6, 6.07) is 5.70. The molecule has 4 nitrogen and oxygen atoms in total.